The third-order valence-corrected chi connectivity index (χ3v) is 5.37. The van der Waals surface area contributed by atoms with E-state index in [0.717, 1.165) is 47.3 Å². The van der Waals surface area contributed by atoms with E-state index < -0.39 is 23.9 Å². The molecule has 2 heterocycles. The molecule has 0 saturated carbocycles. The SMILES string of the molecule is Cc1[nH]c2c(C(N)=O)cc(F)c(-c3ccc4c(c3)NCCC4)c2c1C.O=C(O)C(F)(F)F. The van der Waals surface area contributed by atoms with Gasteiger partial charge in [-0.25, -0.2) is 9.18 Å². The largest absolute Gasteiger partial charge is 0.490 e. The zero-order valence-corrected chi connectivity index (χ0v) is 17.3. The summed E-state index contributed by atoms with van der Waals surface area (Å²) in [5.74, 6) is -3.82. The molecule has 0 fully saturated rings. The van der Waals surface area contributed by atoms with E-state index in [2.05, 4.69) is 16.4 Å². The predicted molar refractivity (Wildman–Crippen MR) is 112 cm³/mol. The highest BCUT2D eigenvalue weighted by Gasteiger charge is 2.38. The van der Waals surface area contributed by atoms with Crippen molar-refractivity contribution in [3.8, 4) is 11.1 Å². The molecule has 0 bridgehead atoms. The maximum absolute atomic E-state index is 15.0. The summed E-state index contributed by atoms with van der Waals surface area (Å²) in [5.41, 5.74) is 11.7. The highest BCUT2D eigenvalue weighted by molar-refractivity contribution is 6.11. The summed E-state index contributed by atoms with van der Waals surface area (Å²) in [6.07, 6.45) is -2.95. The number of aryl methyl sites for hydroxylation is 3. The van der Waals surface area contributed by atoms with Crippen LogP contribution in [0.15, 0.2) is 24.3 Å². The maximum Gasteiger partial charge on any atom is 0.490 e. The first-order valence-electron chi connectivity index (χ1n) is 9.70. The Hall–Kier alpha value is -3.56. The molecule has 5 N–H and O–H groups in total. The Bertz CT molecular complexity index is 1220. The number of primary amides is 1. The number of H-pyrrole nitrogens is 1. The summed E-state index contributed by atoms with van der Waals surface area (Å²) in [6, 6.07) is 7.24. The Morgan fingerprint density at radius 1 is 1.16 bits per heavy atom. The quantitative estimate of drug-likeness (QED) is 0.424. The van der Waals surface area contributed by atoms with Gasteiger partial charge in [-0.1, -0.05) is 12.1 Å². The van der Waals surface area contributed by atoms with Gasteiger partial charge >= 0.3 is 12.1 Å². The Morgan fingerprint density at radius 2 is 1.81 bits per heavy atom. The van der Waals surface area contributed by atoms with Gasteiger partial charge in [0.15, 0.2) is 0 Å². The van der Waals surface area contributed by atoms with Crippen molar-refractivity contribution in [2.45, 2.75) is 32.9 Å². The van der Waals surface area contributed by atoms with Crippen LogP contribution >= 0.6 is 0 Å². The number of anilines is 1. The molecule has 1 aromatic heterocycles. The van der Waals surface area contributed by atoms with Gasteiger partial charge in [0.05, 0.1) is 11.1 Å². The molecule has 0 atom stereocenters. The number of hydrogen-bond acceptors (Lipinski definition) is 3. The van der Waals surface area contributed by atoms with Crippen LogP contribution < -0.4 is 11.1 Å². The van der Waals surface area contributed by atoms with E-state index in [1.165, 1.54) is 11.6 Å². The second kappa shape index (κ2) is 8.52. The minimum Gasteiger partial charge on any atom is -0.475 e. The van der Waals surface area contributed by atoms with Crippen molar-refractivity contribution in [2.24, 2.45) is 5.73 Å². The number of fused-ring (bicyclic) bond motifs is 2. The number of alkyl halides is 3. The first-order valence-corrected chi connectivity index (χ1v) is 9.70. The molecule has 3 aromatic rings. The molecule has 6 nitrogen and oxygen atoms in total. The number of nitrogens with one attached hydrogen (secondary N) is 2. The highest BCUT2D eigenvalue weighted by Crippen LogP contribution is 2.38. The second-order valence-corrected chi connectivity index (χ2v) is 7.48. The topological polar surface area (TPSA) is 108 Å². The van der Waals surface area contributed by atoms with Crippen LogP contribution in [0.3, 0.4) is 0 Å². The fraction of sp³-hybridized carbons (Fsp3) is 0.273. The third kappa shape index (κ3) is 4.39. The number of carbonyl (C=O) groups is 2. The van der Waals surface area contributed by atoms with Crippen LogP contribution in [0, 0.1) is 19.7 Å². The lowest BCUT2D eigenvalue weighted by Crippen LogP contribution is -2.21. The lowest BCUT2D eigenvalue weighted by atomic mass is 9.93. The fourth-order valence-corrected chi connectivity index (χ4v) is 3.72. The van der Waals surface area contributed by atoms with Gasteiger partial charge in [0.1, 0.15) is 5.82 Å². The predicted octanol–water partition coefficient (Wildman–Crippen LogP) is 4.68. The van der Waals surface area contributed by atoms with Gasteiger partial charge in [0.2, 0.25) is 0 Å². The number of amides is 1. The first kappa shape index (κ1) is 23.1. The number of carboxylic acids is 1. The normalized spacial score (nSPS) is 13.1. The van der Waals surface area contributed by atoms with E-state index in [9.17, 15) is 18.0 Å². The van der Waals surface area contributed by atoms with Crippen molar-refractivity contribution in [1.82, 2.24) is 4.98 Å². The molecular weight excluding hydrogens is 430 g/mol. The molecule has 0 aliphatic carbocycles. The molecular formula is C22H21F4N3O3. The van der Waals surface area contributed by atoms with Crippen molar-refractivity contribution >= 4 is 28.5 Å². The molecule has 170 valence electrons. The first-order chi connectivity index (χ1) is 14.9. The Balaban J connectivity index is 0.000000360. The number of benzene rings is 2. The molecule has 0 unspecified atom stereocenters. The molecule has 0 spiro atoms. The van der Waals surface area contributed by atoms with Crippen LogP contribution in [-0.4, -0.2) is 34.7 Å². The molecule has 4 rings (SSSR count). The van der Waals surface area contributed by atoms with E-state index in [1.807, 2.05) is 26.0 Å². The zero-order chi connectivity index (χ0) is 23.8. The van der Waals surface area contributed by atoms with Crippen molar-refractivity contribution in [1.29, 1.82) is 0 Å². The second-order valence-electron chi connectivity index (χ2n) is 7.48. The van der Waals surface area contributed by atoms with E-state index in [4.69, 9.17) is 15.6 Å². The van der Waals surface area contributed by atoms with E-state index in [-0.39, 0.29) is 5.56 Å². The van der Waals surface area contributed by atoms with E-state index in [1.54, 1.807) is 0 Å². The summed E-state index contributed by atoms with van der Waals surface area (Å²) in [6.45, 7) is 4.77. The van der Waals surface area contributed by atoms with Crippen LogP contribution in [0.5, 0.6) is 0 Å². The smallest absolute Gasteiger partial charge is 0.475 e. The van der Waals surface area contributed by atoms with Crippen LogP contribution in [0.2, 0.25) is 0 Å². The molecule has 0 saturated heterocycles. The van der Waals surface area contributed by atoms with Crippen molar-refractivity contribution in [2.75, 3.05) is 11.9 Å². The van der Waals surface area contributed by atoms with Gasteiger partial charge < -0.3 is 21.1 Å². The monoisotopic (exact) mass is 451 g/mol. The minimum absolute atomic E-state index is 0.184. The van der Waals surface area contributed by atoms with Crippen molar-refractivity contribution < 1.29 is 32.3 Å². The number of carbonyl (C=O) groups excluding carboxylic acids is 1. The lowest BCUT2D eigenvalue weighted by molar-refractivity contribution is -0.192. The summed E-state index contributed by atoms with van der Waals surface area (Å²) in [7, 11) is 0. The van der Waals surface area contributed by atoms with Gasteiger partial charge in [0.25, 0.3) is 5.91 Å². The van der Waals surface area contributed by atoms with Gasteiger partial charge in [-0.2, -0.15) is 13.2 Å². The van der Waals surface area contributed by atoms with E-state index >= 15 is 4.39 Å². The number of aliphatic carboxylic acids is 1. The van der Waals surface area contributed by atoms with Crippen LogP contribution in [-0.2, 0) is 11.2 Å². The summed E-state index contributed by atoms with van der Waals surface area (Å²) in [4.78, 5) is 23.8. The molecule has 1 aliphatic heterocycles. The summed E-state index contributed by atoms with van der Waals surface area (Å²) >= 11 is 0. The molecule has 1 aliphatic rings. The third-order valence-electron chi connectivity index (χ3n) is 5.37. The maximum atomic E-state index is 15.0. The molecule has 10 heteroatoms. The number of halogens is 4. The molecule has 2 aromatic carbocycles. The Labute approximate surface area is 180 Å². The summed E-state index contributed by atoms with van der Waals surface area (Å²) in [5, 5.41) is 11.2. The van der Waals surface area contributed by atoms with Gasteiger partial charge in [-0.05, 0) is 55.5 Å². The minimum atomic E-state index is -5.08. The van der Waals surface area contributed by atoms with Crippen LogP contribution in [0.4, 0.5) is 23.2 Å². The van der Waals surface area contributed by atoms with Crippen molar-refractivity contribution in [3.05, 3.63) is 52.5 Å². The van der Waals surface area contributed by atoms with Crippen LogP contribution in [0.1, 0.15) is 33.6 Å². The number of aromatic nitrogens is 1. The summed E-state index contributed by atoms with van der Waals surface area (Å²) < 4.78 is 46.7. The Morgan fingerprint density at radius 3 is 2.41 bits per heavy atom. The molecule has 1 amide bonds. The number of hydrogen-bond donors (Lipinski definition) is 4. The van der Waals surface area contributed by atoms with Gasteiger partial charge in [0, 0.05) is 28.9 Å². The standard InChI is InChI=1S/C20H20FN3O.C2HF3O2/c1-10-11(2)24-19-14(20(22)25)9-15(21)18(17(10)19)13-6-5-12-4-3-7-23-16(12)8-13;3-2(4,5)1(6)7/h5-6,8-9,23-24H,3-4,7H2,1-2H3,(H2,22,25);(H,6,7). The number of rotatable bonds is 2. The van der Waals surface area contributed by atoms with Gasteiger partial charge in [-0.3, -0.25) is 4.79 Å². The van der Waals surface area contributed by atoms with Gasteiger partial charge in [-0.15, -0.1) is 0 Å². The number of nitrogens with two attached hydrogens (primary N) is 1. The Kier molecular flexibility index (Phi) is 6.16. The molecule has 32 heavy (non-hydrogen) atoms. The average Bonchev–Trinajstić information content (AvgIpc) is 3.01. The fourth-order valence-electron chi connectivity index (χ4n) is 3.72. The molecule has 0 radical (unpaired) electrons. The zero-order valence-electron chi connectivity index (χ0n) is 17.3. The average molecular weight is 451 g/mol. The number of aromatic amines is 1. The van der Waals surface area contributed by atoms with E-state index in [0.29, 0.717) is 11.1 Å². The van der Waals surface area contributed by atoms with Crippen molar-refractivity contribution in [3.63, 3.8) is 0 Å². The number of carboxylic acid groups (broad SMARTS) is 1. The highest BCUT2D eigenvalue weighted by atomic mass is 19.4. The lowest BCUT2D eigenvalue weighted by Gasteiger charge is -2.19. The van der Waals surface area contributed by atoms with Crippen LogP contribution in [0.25, 0.3) is 22.0 Å².